The SMILES string of the molecule is O=COCc1ccc(OCC2CC2)cn1. The molecule has 0 bridgehead atoms. The third-order valence-electron chi connectivity index (χ3n) is 2.28. The van der Waals surface area contributed by atoms with Crippen molar-refractivity contribution in [2.45, 2.75) is 19.4 Å². The Balaban J connectivity index is 1.82. The van der Waals surface area contributed by atoms with Gasteiger partial charge in [-0.3, -0.25) is 9.78 Å². The lowest BCUT2D eigenvalue weighted by Gasteiger charge is -2.05. The summed E-state index contributed by atoms with van der Waals surface area (Å²) in [6.45, 7) is 1.41. The van der Waals surface area contributed by atoms with Crippen molar-refractivity contribution in [2.24, 2.45) is 5.92 Å². The summed E-state index contributed by atoms with van der Waals surface area (Å²) < 4.78 is 10.1. The van der Waals surface area contributed by atoms with Crippen LogP contribution in [0.25, 0.3) is 0 Å². The van der Waals surface area contributed by atoms with Gasteiger partial charge in [-0.1, -0.05) is 0 Å². The average Bonchev–Trinajstić information content (AvgIpc) is 3.09. The maximum Gasteiger partial charge on any atom is 0.293 e. The number of hydrogen-bond acceptors (Lipinski definition) is 4. The van der Waals surface area contributed by atoms with Gasteiger partial charge in [0.15, 0.2) is 0 Å². The number of ether oxygens (including phenoxy) is 2. The first kappa shape index (κ1) is 9.96. The van der Waals surface area contributed by atoms with Crippen LogP contribution in [0.5, 0.6) is 5.75 Å². The first-order chi connectivity index (χ1) is 7.38. The summed E-state index contributed by atoms with van der Waals surface area (Å²) >= 11 is 0. The van der Waals surface area contributed by atoms with E-state index in [1.54, 1.807) is 12.3 Å². The molecule has 0 atom stereocenters. The van der Waals surface area contributed by atoms with Crippen molar-refractivity contribution < 1.29 is 14.3 Å². The summed E-state index contributed by atoms with van der Waals surface area (Å²) in [5, 5.41) is 0. The summed E-state index contributed by atoms with van der Waals surface area (Å²) in [4.78, 5) is 14.1. The summed E-state index contributed by atoms with van der Waals surface area (Å²) in [6, 6.07) is 3.64. The Morgan fingerprint density at radius 2 is 2.33 bits per heavy atom. The molecule has 1 fully saturated rings. The van der Waals surface area contributed by atoms with Crippen molar-refractivity contribution >= 4 is 6.47 Å². The van der Waals surface area contributed by atoms with Crippen LogP contribution < -0.4 is 4.74 Å². The Morgan fingerprint density at radius 1 is 1.47 bits per heavy atom. The van der Waals surface area contributed by atoms with Crippen molar-refractivity contribution in [3.8, 4) is 5.75 Å². The molecular formula is C11H13NO3. The number of hydrogen-bond donors (Lipinski definition) is 0. The van der Waals surface area contributed by atoms with Gasteiger partial charge in [0.1, 0.15) is 12.4 Å². The summed E-state index contributed by atoms with van der Waals surface area (Å²) in [6.07, 6.45) is 4.21. The molecule has 15 heavy (non-hydrogen) atoms. The van der Waals surface area contributed by atoms with Crippen molar-refractivity contribution in [3.63, 3.8) is 0 Å². The molecule has 1 aromatic heterocycles. The molecule has 0 amide bonds. The molecule has 80 valence electrons. The zero-order valence-corrected chi connectivity index (χ0v) is 8.39. The van der Waals surface area contributed by atoms with Crippen LogP contribution in [0.2, 0.25) is 0 Å². The van der Waals surface area contributed by atoms with Crippen LogP contribution in [0.15, 0.2) is 18.3 Å². The second-order valence-corrected chi connectivity index (χ2v) is 3.65. The fourth-order valence-electron chi connectivity index (χ4n) is 1.20. The van der Waals surface area contributed by atoms with Crippen LogP contribution in [0.3, 0.4) is 0 Å². The molecule has 0 saturated heterocycles. The Hall–Kier alpha value is -1.58. The third-order valence-corrected chi connectivity index (χ3v) is 2.28. The van der Waals surface area contributed by atoms with Crippen LogP contribution in [0.1, 0.15) is 18.5 Å². The monoisotopic (exact) mass is 207 g/mol. The van der Waals surface area contributed by atoms with E-state index in [0.29, 0.717) is 6.47 Å². The highest BCUT2D eigenvalue weighted by Crippen LogP contribution is 2.29. The first-order valence-electron chi connectivity index (χ1n) is 5.01. The zero-order chi connectivity index (χ0) is 10.5. The number of carbonyl (C=O) groups excluding carboxylic acids is 1. The standard InChI is InChI=1S/C11H13NO3/c13-8-14-7-10-3-4-11(5-12-10)15-6-9-1-2-9/h3-5,8-9H,1-2,6-7H2. The number of rotatable bonds is 6. The van der Waals surface area contributed by atoms with Crippen LogP contribution >= 0.6 is 0 Å². The van der Waals surface area contributed by atoms with Gasteiger partial charge in [-0.05, 0) is 30.9 Å². The zero-order valence-electron chi connectivity index (χ0n) is 8.39. The van der Waals surface area contributed by atoms with E-state index < -0.39 is 0 Å². The van der Waals surface area contributed by atoms with Gasteiger partial charge in [-0.15, -0.1) is 0 Å². The van der Waals surface area contributed by atoms with Crippen LogP contribution in [-0.4, -0.2) is 18.1 Å². The Morgan fingerprint density at radius 3 is 2.93 bits per heavy atom. The normalized spacial score (nSPS) is 14.7. The average molecular weight is 207 g/mol. The molecule has 1 heterocycles. The Labute approximate surface area is 88.2 Å². The van der Waals surface area contributed by atoms with E-state index in [1.165, 1.54) is 12.8 Å². The lowest BCUT2D eigenvalue weighted by Crippen LogP contribution is -2.00. The molecule has 0 N–H and O–H groups in total. The highest BCUT2D eigenvalue weighted by molar-refractivity contribution is 5.37. The summed E-state index contributed by atoms with van der Waals surface area (Å²) in [5.41, 5.74) is 0.723. The van der Waals surface area contributed by atoms with Crippen LogP contribution in [0, 0.1) is 5.92 Å². The van der Waals surface area contributed by atoms with E-state index in [2.05, 4.69) is 9.72 Å². The quantitative estimate of drug-likeness (QED) is 0.664. The predicted octanol–water partition coefficient (Wildman–Crippen LogP) is 1.54. The third kappa shape index (κ3) is 3.23. The molecule has 1 saturated carbocycles. The van der Waals surface area contributed by atoms with Crippen LogP contribution in [0.4, 0.5) is 0 Å². The minimum atomic E-state index is 0.215. The molecule has 0 aromatic carbocycles. The van der Waals surface area contributed by atoms with Gasteiger partial charge in [-0.25, -0.2) is 0 Å². The Kier molecular flexibility index (Phi) is 3.17. The van der Waals surface area contributed by atoms with Gasteiger partial charge in [0.25, 0.3) is 6.47 Å². The highest BCUT2D eigenvalue weighted by atomic mass is 16.5. The topological polar surface area (TPSA) is 48.4 Å². The fraction of sp³-hybridized carbons (Fsp3) is 0.455. The lowest BCUT2D eigenvalue weighted by atomic mass is 10.3. The molecule has 0 spiro atoms. The molecular weight excluding hydrogens is 194 g/mol. The maximum absolute atomic E-state index is 9.95. The summed E-state index contributed by atoms with van der Waals surface area (Å²) in [7, 11) is 0. The second kappa shape index (κ2) is 4.77. The van der Waals surface area contributed by atoms with Crippen molar-refractivity contribution in [3.05, 3.63) is 24.0 Å². The predicted molar refractivity (Wildman–Crippen MR) is 53.3 cm³/mol. The minimum Gasteiger partial charge on any atom is -0.492 e. The largest absolute Gasteiger partial charge is 0.492 e. The fourth-order valence-corrected chi connectivity index (χ4v) is 1.20. The van der Waals surface area contributed by atoms with Gasteiger partial charge in [0.05, 0.1) is 18.5 Å². The van der Waals surface area contributed by atoms with E-state index in [4.69, 9.17) is 4.74 Å². The maximum atomic E-state index is 9.95. The van der Waals surface area contributed by atoms with E-state index >= 15 is 0 Å². The lowest BCUT2D eigenvalue weighted by molar-refractivity contribution is -0.129. The smallest absolute Gasteiger partial charge is 0.293 e. The molecule has 0 aliphatic heterocycles. The van der Waals surface area contributed by atoms with E-state index in [0.717, 1.165) is 24.0 Å². The van der Waals surface area contributed by atoms with Gasteiger partial charge in [0, 0.05) is 0 Å². The molecule has 0 radical (unpaired) electrons. The van der Waals surface area contributed by atoms with Crippen molar-refractivity contribution in [2.75, 3.05) is 6.61 Å². The molecule has 1 aliphatic carbocycles. The van der Waals surface area contributed by atoms with Gasteiger partial charge in [0.2, 0.25) is 0 Å². The molecule has 1 aromatic rings. The molecule has 2 rings (SSSR count). The highest BCUT2D eigenvalue weighted by Gasteiger charge is 2.21. The van der Waals surface area contributed by atoms with E-state index in [9.17, 15) is 4.79 Å². The molecule has 4 nitrogen and oxygen atoms in total. The number of aromatic nitrogens is 1. The number of pyridine rings is 1. The van der Waals surface area contributed by atoms with E-state index in [-0.39, 0.29) is 6.61 Å². The molecule has 0 unspecified atom stereocenters. The molecule has 4 heteroatoms. The van der Waals surface area contributed by atoms with Crippen LogP contribution in [-0.2, 0) is 16.1 Å². The summed E-state index contributed by atoms with van der Waals surface area (Å²) in [5.74, 6) is 1.51. The van der Waals surface area contributed by atoms with Gasteiger partial charge < -0.3 is 9.47 Å². The second-order valence-electron chi connectivity index (χ2n) is 3.65. The van der Waals surface area contributed by atoms with Crippen molar-refractivity contribution in [1.29, 1.82) is 0 Å². The van der Waals surface area contributed by atoms with Crippen molar-refractivity contribution in [1.82, 2.24) is 4.98 Å². The van der Waals surface area contributed by atoms with Gasteiger partial charge in [-0.2, -0.15) is 0 Å². The number of nitrogens with zero attached hydrogens (tertiary/aromatic N) is 1. The minimum absolute atomic E-state index is 0.215. The molecule has 1 aliphatic rings. The Bertz CT molecular complexity index is 319. The van der Waals surface area contributed by atoms with Gasteiger partial charge >= 0.3 is 0 Å². The number of carbonyl (C=O) groups is 1. The first-order valence-corrected chi connectivity index (χ1v) is 5.01. The van der Waals surface area contributed by atoms with E-state index in [1.807, 2.05) is 6.07 Å².